The van der Waals surface area contributed by atoms with E-state index in [4.69, 9.17) is 20.9 Å². The third kappa shape index (κ3) is 5.48. The lowest BCUT2D eigenvalue weighted by Crippen LogP contribution is -2.38. The fourth-order valence-electron chi connectivity index (χ4n) is 0.631. The van der Waals surface area contributed by atoms with Crippen LogP contribution in [0.5, 0.6) is 0 Å². The smallest absolute Gasteiger partial charge is 0.247 e. The van der Waals surface area contributed by atoms with Crippen LogP contribution < -0.4 is 10.2 Å². The number of hydrogen-bond donors (Lipinski definition) is 0. The third-order valence-electron chi connectivity index (χ3n) is 1.32. The molecule has 1 unspecified atom stereocenters. The molecule has 0 bridgehead atoms. The zero-order valence-corrected chi connectivity index (χ0v) is 10.5. The lowest BCUT2D eigenvalue weighted by atomic mass is 10.3. The Morgan fingerprint density at radius 1 is 1.40 bits per heavy atom. The summed E-state index contributed by atoms with van der Waals surface area (Å²) in [6.07, 6.45) is -0.696. The second kappa shape index (κ2) is 6.44. The van der Waals surface area contributed by atoms with Crippen molar-refractivity contribution >= 4 is 40.8 Å². The summed E-state index contributed by atoms with van der Waals surface area (Å²) in [5.41, 5.74) is -2.81. The summed E-state index contributed by atoms with van der Waals surface area (Å²) in [6.45, 7) is 0. The molecule has 0 aromatic carbocycles. The standard InChI is InChI=1S/C6H11O6PS2/c1-11-13(14,12-2)15-4(6(9)10)3-5(7)8/h4H,3H2,1-2H3,(H,7,8)(H,9,10)/p-2. The number of carbonyl (C=O) groups is 2. The molecule has 1 atom stereocenters. The van der Waals surface area contributed by atoms with Crippen molar-refractivity contribution in [2.75, 3.05) is 14.2 Å². The fraction of sp³-hybridized carbons (Fsp3) is 0.667. The molecule has 6 nitrogen and oxygen atoms in total. The van der Waals surface area contributed by atoms with Crippen LogP contribution in [0.3, 0.4) is 0 Å². The summed E-state index contributed by atoms with van der Waals surface area (Å²) in [6, 6.07) is 0. The van der Waals surface area contributed by atoms with Crippen LogP contribution in [-0.4, -0.2) is 31.4 Å². The van der Waals surface area contributed by atoms with E-state index < -0.39 is 29.3 Å². The quantitative estimate of drug-likeness (QED) is 0.516. The van der Waals surface area contributed by atoms with E-state index in [0.29, 0.717) is 11.4 Å². The van der Waals surface area contributed by atoms with E-state index in [1.165, 1.54) is 14.2 Å². The summed E-state index contributed by atoms with van der Waals surface area (Å²) in [7, 11) is 2.53. The van der Waals surface area contributed by atoms with Gasteiger partial charge in [0.2, 0.25) is 5.69 Å². The summed E-state index contributed by atoms with van der Waals surface area (Å²) >= 11 is 5.51. The van der Waals surface area contributed by atoms with Crippen molar-refractivity contribution in [3.05, 3.63) is 0 Å². The van der Waals surface area contributed by atoms with E-state index in [0.717, 1.165) is 0 Å². The van der Waals surface area contributed by atoms with Crippen molar-refractivity contribution < 1.29 is 28.8 Å². The van der Waals surface area contributed by atoms with Gasteiger partial charge in [0.25, 0.3) is 0 Å². The minimum atomic E-state index is -2.81. The maximum absolute atomic E-state index is 10.6. The van der Waals surface area contributed by atoms with Gasteiger partial charge >= 0.3 is 0 Å². The molecule has 0 spiro atoms. The molecule has 0 fully saturated rings. The lowest BCUT2D eigenvalue weighted by Gasteiger charge is -2.24. The molecule has 88 valence electrons. The second-order valence-electron chi connectivity index (χ2n) is 2.30. The molecule has 9 heteroatoms. The highest BCUT2D eigenvalue weighted by Crippen LogP contribution is 2.61. The monoisotopic (exact) mass is 272 g/mol. The van der Waals surface area contributed by atoms with Gasteiger partial charge in [-0.15, -0.1) is 0 Å². The van der Waals surface area contributed by atoms with Gasteiger partial charge in [-0.3, -0.25) is 0 Å². The maximum atomic E-state index is 10.6. The van der Waals surface area contributed by atoms with Crippen LogP contribution in [0.25, 0.3) is 0 Å². The van der Waals surface area contributed by atoms with Crippen molar-refractivity contribution in [2.24, 2.45) is 0 Å². The summed E-state index contributed by atoms with van der Waals surface area (Å²) < 4.78 is 9.62. The van der Waals surface area contributed by atoms with Crippen molar-refractivity contribution in [1.82, 2.24) is 0 Å². The predicted molar refractivity (Wildman–Crippen MR) is 54.3 cm³/mol. The van der Waals surface area contributed by atoms with Crippen LogP contribution in [0, 0.1) is 0 Å². The number of rotatable bonds is 7. The van der Waals surface area contributed by atoms with Gasteiger partial charge in [-0.25, -0.2) is 0 Å². The summed E-state index contributed by atoms with van der Waals surface area (Å²) in [5, 5.41) is 19.5. The number of hydrogen-bond acceptors (Lipinski definition) is 8. The molecule has 0 radical (unpaired) electrons. The third-order valence-corrected chi connectivity index (χ3v) is 7.19. The maximum Gasteiger partial charge on any atom is 0.247 e. The van der Waals surface area contributed by atoms with Gasteiger partial charge in [-0.1, -0.05) is 11.4 Å². The van der Waals surface area contributed by atoms with Gasteiger partial charge < -0.3 is 28.8 Å². The molecule has 0 rings (SSSR count). The summed E-state index contributed by atoms with van der Waals surface area (Å²) in [4.78, 5) is 20.8. The molecular formula is C6H9O6PS2-2. The molecular weight excluding hydrogens is 263 g/mol. The average molecular weight is 272 g/mol. The van der Waals surface area contributed by atoms with Gasteiger partial charge in [0.05, 0.1) is 11.2 Å². The topological polar surface area (TPSA) is 98.7 Å². The van der Waals surface area contributed by atoms with Gasteiger partial charge in [0.15, 0.2) is 0 Å². The largest absolute Gasteiger partial charge is 0.550 e. The Kier molecular flexibility index (Phi) is 6.38. The Bertz CT molecular complexity index is 285. The van der Waals surface area contributed by atoms with E-state index in [1.54, 1.807) is 0 Å². The van der Waals surface area contributed by atoms with E-state index in [-0.39, 0.29) is 0 Å². The highest BCUT2D eigenvalue weighted by atomic mass is 32.9. The van der Waals surface area contributed by atoms with E-state index in [2.05, 4.69) is 0 Å². The zero-order valence-electron chi connectivity index (χ0n) is 8.00. The molecule has 0 aliphatic heterocycles. The van der Waals surface area contributed by atoms with Crippen molar-refractivity contribution in [1.29, 1.82) is 0 Å². The Morgan fingerprint density at radius 2 is 1.87 bits per heavy atom. The molecule has 0 amide bonds. The van der Waals surface area contributed by atoms with Crippen molar-refractivity contribution in [2.45, 2.75) is 11.7 Å². The average Bonchev–Trinajstić information content (AvgIpc) is 2.16. The van der Waals surface area contributed by atoms with Crippen LogP contribution in [-0.2, 0) is 30.4 Å². The van der Waals surface area contributed by atoms with Crippen molar-refractivity contribution in [3.63, 3.8) is 0 Å². The highest BCUT2D eigenvalue weighted by Gasteiger charge is 2.24. The normalized spacial score (nSPS) is 13.5. The molecule has 0 N–H and O–H groups in total. The van der Waals surface area contributed by atoms with Crippen LogP contribution in [0.1, 0.15) is 6.42 Å². The van der Waals surface area contributed by atoms with Crippen LogP contribution >= 0.6 is 17.1 Å². The predicted octanol–water partition coefficient (Wildman–Crippen LogP) is -1.50. The second-order valence-corrected chi connectivity index (χ2v) is 8.92. The van der Waals surface area contributed by atoms with Crippen LogP contribution in [0.4, 0.5) is 0 Å². The first-order chi connectivity index (χ1) is 6.84. The van der Waals surface area contributed by atoms with E-state index in [1.807, 2.05) is 0 Å². The van der Waals surface area contributed by atoms with Gasteiger partial charge in [-0.05, 0) is 11.8 Å². The fourth-order valence-corrected chi connectivity index (χ4v) is 4.43. The Hall–Kier alpha value is -0.140. The molecule has 0 aliphatic rings. The van der Waals surface area contributed by atoms with Gasteiger partial charge in [0, 0.05) is 26.6 Å². The Balaban J connectivity index is 4.60. The first-order valence-corrected chi connectivity index (χ1v) is 7.77. The molecule has 0 saturated carbocycles. The molecule has 0 aliphatic carbocycles. The minimum absolute atomic E-state index is 0.627. The number of carboxylic acids is 2. The Morgan fingerprint density at radius 3 is 2.13 bits per heavy atom. The molecule has 0 aromatic rings. The minimum Gasteiger partial charge on any atom is -0.550 e. The summed E-state index contributed by atoms with van der Waals surface area (Å²) in [5.74, 6) is -3.03. The molecule has 0 heterocycles. The molecule has 0 saturated heterocycles. The first kappa shape index (κ1) is 14.9. The zero-order chi connectivity index (χ0) is 12.1. The van der Waals surface area contributed by atoms with Gasteiger partial charge in [-0.2, -0.15) is 0 Å². The molecule has 0 aromatic heterocycles. The van der Waals surface area contributed by atoms with Gasteiger partial charge in [0.1, 0.15) is 0 Å². The SMILES string of the molecule is COP(=S)(OC)SC(CC(=O)[O-])C(=O)[O-]. The van der Waals surface area contributed by atoms with Crippen LogP contribution in [0.2, 0.25) is 0 Å². The van der Waals surface area contributed by atoms with Crippen molar-refractivity contribution in [3.8, 4) is 0 Å². The number of carboxylic acid groups (broad SMARTS) is 2. The Labute approximate surface area is 95.9 Å². The number of carbonyl (C=O) groups excluding carboxylic acids is 2. The lowest BCUT2D eigenvalue weighted by molar-refractivity contribution is -0.314. The van der Waals surface area contributed by atoms with E-state index in [9.17, 15) is 19.8 Å². The number of aliphatic carboxylic acids is 2. The first-order valence-electron chi connectivity index (χ1n) is 3.65. The molecule has 15 heavy (non-hydrogen) atoms. The van der Waals surface area contributed by atoms with E-state index >= 15 is 0 Å². The highest BCUT2D eigenvalue weighted by molar-refractivity contribution is 8.68. The van der Waals surface area contributed by atoms with Crippen LogP contribution in [0.15, 0.2) is 0 Å².